The Bertz CT molecular complexity index is 1320. The van der Waals surface area contributed by atoms with Gasteiger partial charge in [0.05, 0.1) is 6.61 Å². The van der Waals surface area contributed by atoms with Gasteiger partial charge in [0.15, 0.2) is 28.9 Å². The number of fused-ring (bicyclic) bond motifs is 2. The summed E-state index contributed by atoms with van der Waals surface area (Å²) >= 11 is 0. The van der Waals surface area contributed by atoms with Crippen LogP contribution in [-0.4, -0.2) is 68.4 Å². The van der Waals surface area contributed by atoms with Gasteiger partial charge in [-0.25, -0.2) is 26.3 Å². The first-order valence-corrected chi connectivity index (χ1v) is 11.7. The number of rotatable bonds is 2. The number of carbonyl (C=O) groups excluding carboxylic acids is 3. The lowest BCUT2D eigenvalue weighted by molar-refractivity contribution is -0.145. The Morgan fingerprint density at radius 2 is 1.80 bits per heavy atom. The highest BCUT2D eigenvalue weighted by Crippen LogP contribution is 2.34. The van der Waals surface area contributed by atoms with Crippen molar-refractivity contribution in [3.05, 3.63) is 41.5 Å². The van der Waals surface area contributed by atoms with Gasteiger partial charge in [0.1, 0.15) is 4.90 Å². The molecule has 1 aromatic carbocycles. The Kier molecular flexibility index (Phi) is 6.23. The molecule has 0 aliphatic carbocycles. The fraction of sp³-hybridized carbons (Fsp3) is 0.350. The number of nitrogens with one attached hydrogen (secondary N) is 3. The van der Waals surface area contributed by atoms with Crippen LogP contribution in [0.15, 0.2) is 23.2 Å². The summed E-state index contributed by atoms with van der Waals surface area (Å²) in [5.41, 5.74) is -0.669. The molecule has 11 nitrogen and oxygen atoms in total. The maximum absolute atomic E-state index is 13.5. The number of benzene rings is 1. The van der Waals surface area contributed by atoms with Gasteiger partial charge in [0.2, 0.25) is 10.0 Å². The fourth-order valence-electron chi connectivity index (χ4n) is 4.03. The quantitative estimate of drug-likeness (QED) is 0.378. The molecule has 15 heteroatoms. The molecule has 0 radical (unpaired) electrons. The summed E-state index contributed by atoms with van der Waals surface area (Å²) in [6.07, 6.45) is 1.13. The third-order valence-corrected chi connectivity index (χ3v) is 7.23. The van der Waals surface area contributed by atoms with Crippen molar-refractivity contribution in [3.63, 3.8) is 0 Å². The number of likely N-dealkylation sites (N-methyl/N-ethyl adjacent to an activating group) is 1. The molecule has 0 spiro atoms. The minimum Gasteiger partial charge on any atom is -0.489 e. The van der Waals surface area contributed by atoms with Gasteiger partial charge in [-0.2, -0.15) is 0 Å². The number of nitrogens with zero attached hydrogens (tertiary/aromatic N) is 2. The summed E-state index contributed by atoms with van der Waals surface area (Å²) < 4.78 is 75.8. The van der Waals surface area contributed by atoms with Gasteiger partial charge in [-0.1, -0.05) is 0 Å². The lowest BCUT2D eigenvalue weighted by atomic mass is 10.1. The molecule has 0 bridgehead atoms. The summed E-state index contributed by atoms with van der Waals surface area (Å²) in [5.74, 6) is -8.23. The molecule has 3 N–H and O–H groups in total. The Balaban J connectivity index is 1.63. The first kappa shape index (κ1) is 24.5. The van der Waals surface area contributed by atoms with E-state index in [0.717, 1.165) is 10.8 Å². The highest BCUT2D eigenvalue weighted by Gasteiger charge is 2.43. The maximum Gasteiger partial charge on any atom is 0.311 e. The van der Waals surface area contributed by atoms with Crippen molar-refractivity contribution in [2.45, 2.75) is 10.9 Å². The number of anilines is 1. The minimum absolute atomic E-state index is 0.0251. The Hall–Kier alpha value is -3.59. The topological polar surface area (TPSA) is 139 Å². The van der Waals surface area contributed by atoms with Crippen LogP contribution in [0.3, 0.4) is 0 Å². The first-order valence-electron chi connectivity index (χ1n) is 10.2. The zero-order valence-corrected chi connectivity index (χ0v) is 19.2. The molecule has 0 saturated carbocycles. The number of halogens is 3. The van der Waals surface area contributed by atoms with Gasteiger partial charge >= 0.3 is 11.8 Å². The van der Waals surface area contributed by atoms with Crippen molar-refractivity contribution >= 4 is 33.4 Å². The molecule has 35 heavy (non-hydrogen) atoms. The van der Waals surface area contributed by atoms with Crippen molar-refractivity contribution in [2.24, 2.45) is 13.0 Å². The van der Waals surface area contributed by atoms with E-state index in [1.807, 2.05) is 0 Å². The number of sulfonamides is 1. The molecule has 188 valence electrons. The molecular formula is C20H20F3N5O6S. The highest BCUT2D eigenvalue weighted by atomic mass is 32.2. The number of likely N-dealkylation sites (tertiary alicyclic amines) is 1. The van der Waals surface area contributed by atoms with Crippen LogP contribution in [0, 0.1) is 23.4 Å². The lowest BCUT2D eigenvalue weighted by Crippen LogP contribution is -2.44. The number of aryl methyl sites for hydroxylation is 1. The van der Waals surface area contributed by atoms with Gasteiger partial charge in [0, 0.05) is 63.2 Å². The maximum atomic E-state index is 13.5. The van der Waals surface area contributed by atoms with E-state index in [1.165, 1.54) is 19.0 Å². The fourth-order valence-corrected chi connectivity index (χ4v) is 5.52. The van der Waals surface area contributed by atoms with Crippen LogP contribution in [0.5, 0.6) is 5.75 Å². The van der Waals surface area contributed by atoms with Crippen molar-refractivity contribution in [1.82, 2.24) is 19.5 Å². The van der Waals surface area contributed by atoms with Crippen LogP contribution in [0.25, 0.3) is 0 Å². The SMILES string of the molecule is CNC(=O)C(=O)N1CC2COc3c(cn(C)c3C(=O)Nc3cc(F)c(F)c(F)c3)S(=O)(=O)NC2C1. The van der Waals surface area contributed by atoms with Gasteiger partial charge in [0.25, 0.3) is 5.91 Å². The van der Waals surface area contributed by atoms with E-state index in [1.54, 1.807) is 0 Å². The molecule has 2 atom stereocenters. The molecule has 2 aromatic rings. The Morgan fingerprint density at radius 1 is 1.14 bits per heavy atom. The lowest BCUT2D eigenvalue weighted by Gasteiger charge is -2.23. The predicted octanol–water partition coefficient (Wildman–Crippen LogP) is -0.0616. The summed E-state index contributed by atoms with van der Waals surface area (Å²) in [7, 11) is -1.58. The van der Waals surface area contributed by atoms with E-state index in [-0.39, 0.29) is 36.0 Å². The van der Waals surface area contributed by atoms with Crippen LogP contribution in [0.1, 0.15) is 10.5 Å². The molecular weight excluding hydrogens is 495 g/mol. The molecule has 1 fully saturated rings. The highest BCUT2D eigenvalue weighted by molar-refractivity contribution is 7.89. The third kappa shape index (κ3) is 4.43. The summed E-state index contributed by atoms with van der Waals surface area (Å²) in [4.78, 5) is 37.6. The zero-order chi connectivity index (χ0) is 25.7. The molecule has 4 rings (SSSR count). The monoisotopic (exact) mass is 515 g/mol. The number of carbonyl (C=O) groups is 3. The summed E-state index contributed by atoms with van der Waals surface area (Å²) in [5, 5.41) is 4.41. The van der Waals surface area contributed by atoms with Crippen molar-refractivity contribution in [1.29, 1.82) is 0 Å². The van der Waals surface area contributed by atoms with Gasteiger partial charge in [-0.15, -0.1) is 0 Å². The zero-order valence-electron chi connectivity index (χ0n) is 18.4. The molecule has 1 aromatic heterocycles. The van der Waals surface area contributed by atoms with Crippen LogP contribution in [0.2, 0.25) is 0 Å². The Morgan fingerprint density at radius 3 is 2.43 bits per heavy atom. The summed E-state index contributed by atoms with van der Waals surface area (Å²) in [6, 6.07) is 0.399. The molecule has 3 heterocycles. The second-order valence-electron chi connectivity index (χ2n) is 8.08. The number of hydrogen-bond acceptors (Lipinski definition) is 6. The predicted molar refractivity (Wildman–Crippen MR) is 113 cm³/mol. The van der Waals surface area contributed by atoms with Crippen LogP contribution < -0.4 is 20.1 Å². The van der Waals surface area contributed by atoms with E-state index < -0.39 is 62.8 Å². The van der Waals surface area contributed by atoms with E-state index in [9.17, 15) is 36.0 Å². The van der Waals surface area contributed by atoms with Gasteiger partial charge < -0.3 is 24.8 Å². The number of hydrogen-bond donors (Lipinski definition) is 3. The van der Waals surface area contributed by atoms with Gasteiger partial charge in [-0.05, 0) is 0 Å². The molecule has 2 aliphatic heterocycles. The van der Waals surface area contributed by atoms with Crippen molar-refractivity contribution < 1.29 is 40.7 Å². The largest absolute Gasteiger partial charge is 0.489 e. The average Bonchev–Trinajstić information content (AvgIpc) is 3.34. The third-order valence-electron chi connectivity index (χ3n) is 5.75. The van der Waals surface area contributed by atoms with Crippen molar-refractivity contribution in [2.75, 3.05) is 32.1 Å². The van der Waals surface area contributed by atoms with E-state index >= 15 is 0 Å². The molecule has 3 amide bonds. The standard InChI is InChI=1S/C20H20F3N5O6S/c1-24-19(30)20(31)28-5-9-8-34-17-14(35(32,33)26-13(9)6-28)7-27(2)16(17)18(29)25-10-3-11(21)15(23)12(22)4-10/h3-4,7,9,13,26H,5-6,8H2,1-2H3,(H,24,30)(H,25,29). The normalized spacial score (nSPS) is 20.7. The number of aromatic nitrogens is 1. The van der Waals surface area contributed by atoms with E-state index in [2.05, 4.69) is 15.4 Å². The smallest absolute Gasteiger partial charge is 0.311 e. The van der Waals surface area contributed by atoms with Crippen LogP contribution >= 0.6 is 0 Å². The van der Waals surface area contributed by atoms with Crippen LogP contribution in [-0.2, 0) is 26.7 Å². The van der Waals surface area contributed by atoms with Crippen molar-refractivity contribution in [3.8, 4) is 5.75 Å². The van der Waals surface area contributed by atoms with Crippen LogP contribution in [0.4, 0.5) is 18.9 Å². The molecule has 2 aliphatic rings. The minimum atomic E-state index is -4.24. The Labute approximate surface area is 197 Å². The molecule has 1 saturated heterocycles. The van der Waals surface area contributed by atoms with E-state index in [0.29, 0.717) is 12.1 Å². The van der Waals surface area contributed by atoms with E-state index in [4.69, 9.17) is 4.74 Å². The summed E-state index contributed by atoms with van der Waals surface area (Å²) in [6.45, 7) is -0.143. The second-order valence-corrected chi connectivity index (χ2v) is 9.76. The average molecular weight is 515 g/mol. The second kappa shape index (κ2) is 8.88. The number of amides is 3. The molecule has 2 unspecified atom stereocenters. The number of ether oxygens (including phenoxy) is 1. The first-order chi connectivity index (χ1) is 16.4. The van der Waals surface area contributed by atoms with Gasteiger partial charge in [-0.3, -0.25) is 14.4 Å².